The molecule has 168 valence electrons. The zero-order valence-electron chi connectivity index (χ0n) is 18.6. The van der Waals surface area contributed by atoms with Crippen LogP contribution in [0.3, 0.4) is 0 Å². The molecule has 0 aliphatic rings. The van der Waals surface area contributed by atoms with E-state index in [9.17, 15) is 0 Å². The molecule has 1 heterocycles. The van der Waals surface area contributed by atoms with Gasteiger partial charge < -0.3 is 4.74 Å². The largest absolute Gasteiger partial charge is 0.372 e. The van der Waals surface area contributed by atoms with Crippen LogP contribution in [0.25, 0.3) is 5.69 Å². The summed E-state index contributed by atoms with van der Waals surface area (Å²) in [6.07, 6.45) is 8.47. The Kier molecular flexibility index (Phi) is 9.49. The van der Waals surface area contributed by atoms with Gasteiger partial charge in [-0.1, -0.05) is 78.3 Å². The fourth-order valence-corrected chi connectivity index (χ4v) is 5.01. The fraction of sp³-hybridized carbons (Fsp3) is 0.269. The molecule has 3 rings (SSSR count). The molecular weight excluding hydrogens is 459 g/mol. The van der Waals surface area contributed by atoms with Gasteiger partial charge in [0.1, 0.15) is 5.03 Å². The van der Waals surface area contributed by atoms with Crippen LogP contribution in [0.5, 0.6) is 0 Å². The first kappa shape index (κ1) is 24.7. The van der Waals surface area contributed by atoms with Crippen LogP contribution in [0.4, 0.5) is 0 Å². The van der Waals surface area contributed by atoms with E-state index in [4.69, 9.17) is 33.0 Å². The number of hydrogen-bond acceptors (Lipinski definition) is 3. The first-order valence-electron chi connectivity index (χ1n) is 10.7. The van der Waals surface area contributed by atoms with Crippen molar-refractivity contribution in [3.05, 3.63) is 93.6 Å². The quantitative estimate of drug-likeness (QED) is 0.269. The molecule has 6 heteroatoms. The minimum absolute atomic E-state index is 0.476. The van der Waals surface area contributed by atoms with Crippen molar-refractivity contribution in [2.24, 2.45) is 0 Å². The summed E-state index contributed by atoms with van der Waals surface area (Å²) in [7, 11) is 0. The molecule has 1 aromatic heterocycles. The molecule has 0 aliphatic carbocycles. The predicted octanol–water partition coefficient (Wildman–Crippen LogP) is 8.46. The summed E-state index contributed by atoms with van der Waals surface area (Å²) in [5, 5.41) is 7.04. The third-order valence-electron chi connectivity index (χ3n) is 4.91. The lowest BCUT2D eigenvalue weighted by atomic mass is 10.2. The molecule has 0 bridgehead atoms. The van der Waals surface area contributed by atoms with Gasteiger partial charge in [-0.05, 0) is 62.6 Å². The van der Waals surface area contributed by atoms with Crippen LogP contribution in [-0.4, -0.2) is 16.4 Å². The second-order valence-corrected chi connectivity index (χ2v) is 9.28. The highest BCUT2D eigenvalue weighted by Crippen LogP contribution is 2.36. The highest BCUT2D eigenvalue weighted by molar-refractivity contribution is 7.99. The van der Waals surface area contributed by atoms with Crippen molar-refractivity contribution in [2.45, 2.75) is 50.1 Å². The Morgan fingerprint density at radius 2 is 1.81 bits per heavy atom. The van der Waals surface area contributed by atoms with Gasteiger partial charge in [-0.3, -0.25) is 0 Å². The van der Waals surface area contributed by atoms with E-state index in [0.29, 0.717) is 23.3 Å². The van der Waals surface area contributed by atoms with Gasteiger partial charge in [0, 0.05) is 20.5 Å². The van der Waals surface area contributed by atoms with Crippen LogP contribution in [0.2, 0.25) is 10.0 Å². The molecule has 0 radical (unpaired) electrons. The van der Waals surface area contributed by atoms with Gasteiger partial charge in [-0.2, -0.15) is 5.10 Å². The minimum Gasteiger partial charge on any atom is -0.372 e. The first-order valence-corrected chi connectivity index (χ1v) is 12.2. The third-order valence-corrected chi connectivity index (χ3v) is 6.43. The van der Waals surface area contributed by atoms with E-state index >= 15 is 0 Å². The molecule has 0 amide bonds. The smallest absolute Gasteiger partial charge is 0.110 e. The molecule has 0 aliphatic heterocycles. The highest BCUT2D eigenvalue weighted by atomic mass is 35.5. The average Bonchev–Trinajstić information content (AvgIpc) is 3.08. The predicted molar refractivity (Wildman–Crippen MR) is 136 cm³/mol. The Morgan fingerprint density at radius 3 is 2.47 bits per heavy atom. The van der Waals surface area contributed by atoms with E-state index in [2.05, 4.69) is 32.1 Å². The van der Waals surface area contributed by atoms with Gasteiger partial charge >= 0.3 is 0 Å². The summed E-state index contributed by atoms with van der Waals surface area (Å²) in [5.74, 6) is 0. The van der Waals surface area contributed by atoms with E-state index in [1.165, 1.54) is 5.57 Å². The van der Waals surface area contributed by atoms with Crippen LogP contribution < -0.4 is 0 Å². The zero-order valence-corrected chi connectivity index (χ0v) is 21.0. The van der Waals surface area contributed by atoms with Crippen molar-refractivity contribution in [3.8, 4) is 5.69 Å². The molecule has 0 fully saturated rings. The maximum absolute atomic E-state index is 6.25. The maximum atomic E-state index is 6.25. The van der Waals surface area contributed by atoms with Crippen LogP contribution >= 0.6 is 35.0 Å². The zero-order chi connectivity index (χ0) is 22.9. The van der Waals surface area contributed by atoms with Crippen molar-refractivity contribution in [2.75, 3.05) is 6.61 Å². The second kappa shape index (κ2) is 12.3. The number of allylic oxidation sites excluding steroid dienone is 3. The van der Waals surface area contributed by atoms with Gasteiger partial charge in [0.05, 0.1) is 24.6 Å². The Bertz CT molecular complexity index is 1070. The normalized spacial score (nSPS) is 12.1. The number of ether oxygens (including phenoxy) is 1. The fourth-order valence-electron chi connectivity index (χ4n) is 3.20. The first-order chi connectivity index (χ1) is 15.5. The van der Waals surface area contributed by atoms with Gasteiger partial charge in [-0.15, -0.1) is 0 Å². The molecule has 0 spiro atoms. The molecule has 3 aromatic rings. The number of benzene rings is 2. The lowest BCUT2D eigenvalue weighted by Gasteiger charge is -2.11. The Labute approximate surface area is 205 Å². The van der Waals surface area contributed by atoms with Crippen LogP contribution in [0.15, 0.2) is 82.3 Å². The van der Waals surface area contributed by atoms with Crippen molar-refractivity contribution in [3.63, 3.8) is 0 Å². The van der Waals surface area contributed by atoms with E-state index in [-0.39, 0.29) is 0 Å². The van der Waals surface area contributed by atoms with Crippen LogP contribution in [0, 0.1) is 6.92 Å². The third kappa shape index (κ3) is 6.76. The topological polar surface area (TPSA) is 27.1 Å². The van der Waals surface area contributed by atoms with E-state index in [1.54, 1.807) is 17.8 Å². The van der Waals surface area contributed by atoms with Gasteiger partial charge in [0.25, 0.3) is 0 Å². The minimum atomic E-state index is 0.476. The maximum Gasteiger partial charge on any atom is 0.110 e. The summed E-state index contributed by atoms with van der Waals surface area (Å²) < 4.78 is 8.10. The molecule has 32 heavy (non-hydrogen) atoms. The summed E-state index contributed by atoms with van der Waals surface area (Å²) in [5.41, 5.74) is 4.27. The monoisotopic (exact) mass is 486 g/mol. The number of rotatable bonds is 10. The Morgan fingerprint density at radius 1 is 1.09 bits per heavy atom. The van der Waals surface area contributed by atoms with Crippen molar-refractivity contribution < 1.29 is 4.74 Å². The van der Waals surface area contributed by atoms with Crippen molar-refractivity contribution >= 4 is 35.0 Å². The standard InChI is InChI=1S/C26H28Cl2N2OS/c1-4-6-8-11-20(5-2)17-31-18-25-19(3)29-30(23-12-9-7-10-13-23)26(25)32-24-15-21(27)14-22(28)16-24/h5-10,12-16H,4,11,17-18H2,1-3H3/b8-6-,20-5+. The summed E-state index contributed by atoms with van der Waals surface area (Å²) >= 11 is 14.1. The molecule has 0 N–H and O–H groups in total. The number of halogens is 2. The SMILES string of the molecule is C/C=C(\C/C=C\CC)COCc1c(C)nn(-c2ccccc2)c1Sc1cc(Cl)cc(Cl)c1. The second-order valence-electron chi connectivity index (χ2n) is 7.35. The lowest BCUT2D eigenvalue weighted by molar-refractivity contribution is 0.139. The van der Waals surface area contributed by atoms with Crippen LogP contribution in [0.1, 0.15) is 37.9 Å². The Hall–Kier alpha value is -1.98. The average molecular weight is 487 g/mol. The summed E-state index contributed by atoms with van der Waals surface area (Å²) in [6.45, 7) is 7.29. The van der Waals surface area contributed by atoms with E-state index in [0.717, 1.165) is 39.7 Å². The van der Waals surface area contributed by atoms with Crippen LogP contribution in [-0.2, 0) is 11.3 Å². The number of nitrogens with zero attached hydrogens (tertiary/aromatic N) is 2. The highest BCUT2D eigenvalue weighted by Gasteiger charge is 2.18. The van der Waals surface area contributed by atoms with Gasteiger partial charge in [0.15, 0.2) is 0 Å². The van der Waals surface area contributed by atoms with E-state index < -0.39 is 0 Å². The molecule has 0 unspecified atom stereocenters. The number of para-hydroxylation sites is 1. The molecule has 3 nitrogen and oxygen atoms in total. The lowest BCUT2D eigenvalue weighted by Crippen LogP contribution is -2.01. The van der Waals surface area contributed by atoms with Crippen molar-refractivity contribution in [1.29, 1.82) is 0 Å². The summed E-state index contributed by atoms with van der Waals surface area (Å²) in [4.78, 5) is 0.958. The van der Waals surface area contributed by atoms with E-state index in [1.807, 2.05) is 54.1 Å². The molecule has 0 saturated carbocycles. The molecular formula is C26H28Cl2N2OS. The van der Waals surface area contributed by atoms with Crippen molar-refractivity contribution in [1.82, 2.24) is 9.78 Å². The molecule has 0 saturated heterocycles. The molecule has 0 atom stereocenters. The number of hydrogen-bond donors (Lipinski definition) is 0. The van der Waals surface area contributed by atoms with Gasteiger partial charge in [0.2, 0.25) is 0 Å². The Balaban J connectivity index is 1.88. The number of aromatic nitrogens is 2. The number of aryl methyl sites for hydroxylation is 1. The molecule has 2 aromatic carbocycles. The summed E-state index contributed by atoms with van der Waals surface area (Å²) in [6, 6.07) is 15.7. The van der Waals surface area contributed by atoms with Gasteiger partial charge in [-0.25, -0.2) is 4.68 Å².